The summed E-state index contributed by atoms with van der Waals surface area (Å²) >= 11 is 0. The highest BCUT2D eigenvalue weighted by Crippen LogP contribution is 2.15. The summed E-state index contributed by atoms with van der Waals surface area (Å²) in [5.41, 5.74) is 2.14. The Balaban J connectivity index is 2.21. The molecule has 110 valence electrons. The first-order valence-corrected chi connectivity index (χ1v) is 6.24. The fraction of sp³-hybridized carbons (Fsp3) is 0.429. The number of hydrogen-bond acceptors (Lipinski definition) is 4. The van der Waals surface area contributed by atoms with Crippen LogP contribution in [0.15, 0.2) is 18.2 Å². The van der Waals surface area contributed by atoms with Crippen molar-refractivity contribution in [3.63, 3.8) is 0 Å². The van der Waals surface area contributed by atoms with Gasteiger partial charge in [0, 0.05) is 6.54 Å². The molecule has 0 fully saturated rings. The van der Waals surface area contributed by atoms with Crippen molar-refractivity contribution in [2.45, 2.75) is 13.8 Å². The van der Waals surface area contributed by atoms with Crippen LogP contribution in [0.5, 0.6) is 5.75 Å². The third-order valence-corrected chi connectivity index (χ3v) is 2.36. The van der Waals surface area contributed by atoms with Crippen molar-refractivity contribution < 1.29 is 24.2 Å². The van der Waals surface area contributed by atoms with Crippen molar-refractivity contribution in [3.8, 4) is 5.75 Å². The van der Waals surface area contributed by atoms with Crippen LogP contribution in [0.4, 0.5) is 0 Å². The zero-order chi connectivity index (χ0) is 15.0. The van der Waals surface area contributed by atoms with Gasteiger partial charge in [-0.25, -0.2) is 4.79 Å². The van der Waals surface area contributed by atoms with Gasteiger partial charge in [-0.05, 0) is 37.1 Å². The lowest BCUT2D eigenvalue weighted by atomic mass is 10.1. The summed E-state index contributed by atoms with van der Waals surface area (Å²) in [6.07, 6.45) is 0. The standard InChI is InChI=1S/C14H19NO5/c1-10-5-11(2)7-12(6-10)20-8-13(16)15-3-4-19-9-14(17)18/h5-7H,3-4,8-9H2,1-2H3,(H,15,16)(H,17,18). The number of benzene rings is 1. The molecule has 6 nitrogen and oxygen atoms in total. The van der Waals surface area contributed by atoms with Crippen LogP contribution < -0.4 is 10.1 Å². The van der Waals surface area contributed by atoms with Gasteiger partial charge in [-0.2, -0.15) is 0 Å². The number of carboxylic acids is 1. The molecule has 0 atom stereocenters. The van der Waals surface area contributed by atoms with Gasteiger partial charge in [0.15, 0.2) is 6.61 Å². The van der Waals surface area contributed by atoms with Crippen molar-refractivity contribution in [1.82, 2.24) is 5.32 Å². The van der Waals surface area contributed by atoms with Crippen LogP contribution in [0.3, 0.4) is 0 Å². The number of ether oxygens (including phenoxy) is 2. The van der Waals surface area contributed by atoms with Crippen molar-refractivity contribution in [3.05, 3.63) is 29.3 Å². The number of aryl methyl sites for hydroxylation is 2. The first-order chi connectivity index (χ1) is 9.47. The van der Waals surface area contributed by atoms with Gasteiger partial charge in [0.1, 0.15) is 12.4 Å². The van der Waals surface area contributed by atoms with E-state index in [-0.39, 0.29) is 32.3 Å². The summed E-state index contributed by atoms with van der Waals surface area (Å²) in [6, 6.07) is 5.74. The van der Waals surface area contributed by atoms with Crippen LogP contribution in [0.2, 0.25) is 0 Å². The Bertz CT molecular complexity index is 452. The second-order valence-electron chi connectivity index (χ2n) is 4.41. The van der Waals surface area contributed by atoms with Crippen LogP contribution in [-0.2, 0) is 14.3 Å². The molecule has 6 heteroatoms. The normalized spacial score (nSPS) is 10.1. The van der Waals surface area contributed by atoms with Gasteiger partial charge in [-0.3, -0.25) is 4.79 Å². The van der Waals surface area contributed by atoms with E-state index in [9.17, 15) is 9.59 Å². The number of amides is 1. The maximum Gasteiger partial charge on any atom is 0.329 e. The maximum absolute atomic E-state index is 11.5. The Kier molecular flexibility index (Phi) is 6.52. The van der Waals surface area contributed by atoms with E-state index >= 15 is 0 Å². The Morgan fingerprint density at radius 3 is 2.40 bits per heavy atom. The molecule has 0 bridgehead atoms. The fourth-order valence-electron chi connectivity index (χ4n) is 1.64. The Hall–Kier alpha value is -2.08. The first kappa shape index (κ1) is 16.0. The molecule has 0 heterocycles. The molecule has 2 N–H and O–H groups in total. The average molecular weight is 281 g/mol. The van der Waals surface area contributed by atoms with E-state index in [1.165, 1.54) is 0 Å². The summed E-state index contributed by atoms with van der Waals surface area (Å²) < 4.78 is 10.2. The van der Waals surface area contributed by atoms with Gasteiger partial charge in [0.2, 0.25) is 0 Å². The van der Waals surface area contributed by atoms with E-state index in [1.807, 2.05) is 32.0 Å². The molecule has 0 aliphatic heterocycles. The molecule has 0 aliphatic rings. The van der Waals surface area contributed by atoms with Gasteiger partial charge < -0.3 is 19.9 Å². The lowest BCUT2D eigenvalue weighted by Crippen LogP contribution is -2.32. The molecule has 20 heavy (non-hydrogen) atoms. The molecule has 0 radical (unpaired) electrons. The third-order valence-electron chi connectivity index (χ3n) is 2.36. The highest BCUT2D eigenvalue weighted by molar-refractivity contribution is 5.77. The summed E-state index contributed by atoms with van der Waals surface area (Å²) in [5.74, 6) is -0.655. The lowest BCUT2D eigenvalue weighted by Gasteiger charge is -2.09. The number of carboxylic acid groups (broad SMARTS) is 1. The Labute approximate surface area is 117 Å². The Morgan fingerprint density at radius 2 is 1.80 bits per heavy atom. The van der Waals surface area contributed by atoms with E-state index in [0.717, 1.165) is 11.1 Å². The number of hydrogen-bond donors (Lipinski definition) is 2. The zero-order valence-corrected chi connectivity index (χ0v) is 11.6. The Morgan fingerprint density at radius 1 is 1.15 bits per heavy atom. The quantitative estimate of drug-likeness (QED) is 0.692. The minimum absolute atomic E-state index is 0.0815. The first-order valence-electron chi connectivity index (χ1n) is 6.24. The minimum atomic E-state index is -1.03. The molecule has 1 aromatic carbocycles. The highest BCUT2D eigenvalue weighted by atomic mass is 16.5. The van der Waals surface area contributed by atoms with Gasteiger partial charge >= 0.3 is 5.97 Å². The van der Waals surface area contributed by atoms with Crippen molar-refractivity contribution in [1.29, 1.82) is 0 Å². The summed E-state index contributed by atoms with van der Waals surface area (Å²) in [7, 11) is 0. The predicted octanol–water partition coefficient (Wildman–Crippen LogP) is 0.900. The monoisotopic (exact) mass is 281 g/mol. The van der Waals surface area contributed by atoms with Crippen LogP contribution >= 0.6 is 0 Å². The van der Waals surface area contributed by atoms with Crippen LogP contribution in [0.25, 0.3) is 0 Å². The molecule has 0 aliphatic carbocycles. The molecule has 0 saturated heterocycles. The van der Waals surface area contributed by atoms with E-state index in [0.29, 0.717) is 5.75 Å². The van der Waals surface area contributed by atoms with E-state index in [1.54, 1.807) is 0 Å². The van der Waals surface area contributed by atoms with E-state index < -0.39 is 5.97 Å². The topological polar surface area (TPSA) is 84.9 Å². The van der Waals surface area contributed by atoms with Crippen molar-refractivity contribution >= 4 is 11.9 Å². The zero-order valence-electron chi connectivity index (χ0n) is 11.6. The van der Waals surface area contributed by atoms with Crippen molar-refractivity contribution in [2.24, 2.45) is 0 Å². The van der Waals surface area contributed by atoms with Crippen LogP contribution in [0, 0.1) is 13.8 Å². The largest absolute Gasteiger partial charge is 0.484 e. The maximum atomic E-state index is 11.5. The average Bonchev–Trinajstić information content (AvgIpc) is 2.34. The molecular formula is C14H19NO5. The third kappa shape index (κ3) is 6.75. The van der Waals surface area contributed by atoms with Gasteiger partial charge in [0.25, 0.3) is 5.91 Å². The smallest absolute Gasteiger partial charge is 0.329 e. The van der Waals surface area contributed by atoms with E-state index in [4.69, 9.17) is 14.6 Å². The number of aliphatic carboxylic acids is 1. The number of nitrogens with one attached hydrogen (secondary N) is 1. The van der Waals surface area contributed by atoms with Gasteiger partial charge in [-0.1, -0.05) is 6.07 Å². The molecular weight excluding hydrogens is 262 g/mol. The molecule has 0 saturated carbocycles. The van der Waals surface area contributed by atoms with Crippen LogP contribution in [0.1, 0.15) is 11.1 Å². The van der Waals surface area contributed by atoms with E-state index in [2.05, 4.69) is 5.32 Å². The molecule has 1 rings (SSSR count). The summed E-state index contributed by atoms with van der Waals surface area (Å²) in [4.78, 5) is 21.7. The fourth-order valence-corrected chi connectivity index (χ4v) is 1.64. The number of carbonyl (C=O) groups excluding carboxylic acids is 1. The molecule has 1 aromatic rings. The molecule has 0 aromatic heterocycles. The van der Waals surface area contributed by atoms with Crippen LogP contribution in [-0.4, -0.2) is 43.3 Å². The highest BCUT2D eigenvalue weighted by Gasteiger charge is 2.03. The number of carbonyl (C=O) groups is 2. The lowest BCUT2D eigenvalue weighted by molar-refractivity contribution is -0.142. The van der Waals surface area contributed by atoms with Crippen molar-refractivity contribution in [2.75, 3.05) is 26.4 Å². The molecule has 1 amide bonds. The molecule has 0 unspecified atom stereocenters. The second-order valence-corrected chi connectivity index (χ2v) is 4.41. The predicted molar refractivity (Wildman–Crippen MR) is 72.9 cm³/mol. The number of rotatable bonds is 8. The van der Waals surface area contributed by atoms with Gasteiger partial charge in [0.05, 0.1) is 6.61 Å². The second kappa shape index (κ2) is 8.16. The SMILES string of the molecule is Cc1cc(C)cc(OCC(=O)NCCOCC(=O)O)c1. The summed E-state index contributed by atoms with van der Waals surface area (Å²) in [5, 5.41) is 10.9. The minimum Gasteiger partial charge on any atom is -0.484 e. The molecule has 0 spiro atoms. The van der Waals surface area contributed by atoms with Gasteiger partial charge in [-0.15, -0.1) is 0 Å². The summed E-state index contributed by atoms with van der Waals surface area (Å²) in [6.45, 7) is 3.88.